The Kier molecular flexibility index (Phi) is 3.91. The first-order valence-corrected chi connectivity index (χ1v) is 7.07. The van der Waals surface area contributed by atoms with E-state index in [0.717, 1.165) is 25.0 Å². The monoisotopic (exact) mass is 225 g/mol. The van der Waals surface area contributed by atoms with Crippen molar-refractivity contribution < 1.29 is 4.74 Å². The molecule has 0 radical (unpaired) electrons. The average Bonchev–Trinajstić information content (AvgIpc) is 2.97. The number of nitrogens with one attached hydrogen (secondary N) is 1. The van der Waals surface area contributed by atoms with Gasteiger partial charge in [-0.2, -0.15) is 0 Å². The molecule has 1 aliphatic heterocycles. The van der Waals surface area contributed by atoms with E-state index in [1.54, 1.807) is 0 Å². The van der Waals surface area contributed by atoms with E-state index in [1.807, 2.05) is 0 Å². The maximum atomic E-state index is 5.88. The summed E-state index contributed by atoms with van der Waals surface area (Å²) in [7, 11) is 0. The van der Waals surface area contributed by atoms with Gasteiger partial charge in [-0.3, -0.25) is 0 Å². The molecule has 0 aromatic carbocycles. The highest BCUT2D eigenvalue weighted by Gasteiger charge is 2.39. The first-order chi connectivity index (χ1) is 7.67. The van der Waals surface area contributed by atoms with E-state index in [-0.39, 0.29) is 5.60 Å². The molecule has 0 aromatic heterocycles. The molecule has 1 N–H and O–H groups in total. The van der Waals surface area contributed by atoms with Crippen LogP contribution in [-0.4, -0.2) is 24.3 Å². The Morgan fingerprint density at radius 1 is 1.38 bits per heavy atom. The Bertz CT molecular complexity index is 231. The second-order valence-corrected chi connectivity index (χ2v) is 5.90. The van der Waals surface area contributed by atoms with Gasteiger partial charge in [0.15, 0.2) is 0 Å². The molecule has 1 saturated carbocycles. The highest BCUT2D eigenvalue weighted by Crippen LogP contribution is 2.37. The molecule has 4 atom stereocenters. The van der Waals surface area contributed by atoms with Crippen molar-refractivity contribution in [3.8, 4) is 0 Å². The van der Waals surface area contributed by atoms with Crippen LogP contribution in [0.4, 0.5) is 0 Å². The Morgan fingerprint density at radius 3 is 2.88 bits per heavy atom. The molecule has 2 rings (SSSR count). The van der Waals surface area contributed by atoms with Crippen molar-refractivity contribution in [1.29, 1.82) is 0 Å². The molecule has 2 fully saturated rings. The predicted octanol–water partition coefficient (Wildman–Crippen LogP) is 3.11. The largest absolute Gasteiger partial charge is 0.375 e. The molecule has 2 heteroatoms. The van der Waals surface area contributed by atoms with Crippen LogP contribution in [0.15, 0.2) is 0 Å². The van der Waals surface area contributed by atoms with Crippen LogP contribution in [0.1, 0.15) is 59.3 Å². The molecular weight excluding hydrogens is 198 g/mol. The Labute approximate surface area is 100 Å². The van der Waals surface area contributed by atoms with Gasteiger partial charge in [0, 0.05) is 18.7 Å². The van der Waals surface area contributed by atoms with Crippen molar-refractivity contribution in [2.45, 2.75) is 77.0 Å². The fourth-order valence-corrected chi connectivity index (χ4v) is 2.96. The van der Waals surface area contributed by atoms with Crippen molar-refractivity contribution in [3.63, 3.8) is 0 Å². The summed E-state index contributed by atoms with van der Waals surface area (Å²) in [6, 6.07) is 1.52. The Morgan fingerprint density at radius 2 is 2.19 bits per heavy atom. The summed E-state index contributed by atoms with van der Waals surface area (Å²) < 4.78 is 5.88. The zero-order valence-corrected chi connectivity index (χ0v) is 11.1. The van der Waals surface area contributed by atoms with E-state index in [4.69, 9.17) is 4.74 Å². The topological polar surface area (TPSA) is 21.3 Å². The van der Waals surface area contributed by atoms with Crippen molar-refractivity contribution in [1.82, 2.24) is 5.32 Å². The van der Waals surface area contributed by atoms with Crippen LogP contribution >= 0.6 is 0 Å². The quantitative estimate of drug-likeness (QED) is 0.776. The molecule has 4 unspecified atom stereocenters. The first kappa shape index (κ1) is 12.4. The second kappa shape index (κ2) is 5.05. The van der Waals surface area contributed by atoms with Gasteiger partial charge in [0.05, 0.1) is 5.60 Å². The van der Waals surface area contributed by atoms with Gasteiger partial charge in [-0.15, -0.1) is 0 Å². The SMILES string of the molecule is CCCC1CC1NC1CCOC(C)(CC)C1. The molecule has 0 aromatic rings. The van der Waals surface area contributed by atoms with Gasteiger partial charge in [-0.1, -0.05) is 20.3 Å². The maximum Gasteiger partial charge on any atom is 0.0666 e. The summed E-state index contributed by atoms with van der Waals surface area (Å²) in [5.74, 6) is 0.973. The third kappa shape index (κ3) is 2.98. The lowest BCUT2D eigenvalue weighted by molar-refractivity contribution is -0.0782. The molecule has 94 valence electrons. The Hall–Kier alpha value is -0.0800. The van der Waals surface area contributed by atoms with Crippen molar-refractivity contribution >= 4 is 0 Å². The lowest BCUT2D eigenvalue weighted by atomic mass is 9.90. The van der Waals surface area contributed by atoms with Crippen molar-refractivity contribution in [2.75, 3.05) is 6.61 Å². The zero-order valence-electron chi connectivity index (χ0n) is 11.1. The maximum absolute atomic E-state index is 5.88. The molecular formula is C14H27NO. The van der Waals surface area contributed by atoms with E-state index in [2.05, 4.69) is 26.1 Å². The summed E-state index contributed by atoms with van der Waals surface area (Å²) in [5.41, 5.74) is 0.130. The molecule has 0 bridgehead atoms. The van der Waals surface area contributed by atoms with Crippen LogP contribution in [0.2, 0.25) is 0 Å². The van der Waals surface area contributed by atoms with Gasteiger partial charge in [0.25, 0.3) is 0 Å². The number of hydrogen-bond acceptors (Lipinski definition) is 2. The normalized spacial score (nSPS) is 43.3. The zero-order chi connectivity index (χ0) is 11.6. The lowest BCUT2D eigenvalue weighted by Crippen LogP contribution is -2.46. The van der Waals surface area contributed by atoms with E-state index in [1.165, 1.54) is 32.1 Å². The molecule has 1 heterocycles. The van der Waals surface area contributed by atoms with E-state index in [9.17, 15) is 0 Å². The van der Waals surface area contributed by atoms with Gasteiger partial charge in [0.2, 0.25) is 0 Å². The Balaban J connectivity index is 1.74. The van der Waals surface area contributed by atoms with Crippen LogP contribution in [0.5, 0.6) is 0 Å². The van der Waals surface area contributed by atoms with Crippen LogP contribution < -0.4 is 5.32 Å². The highest BCUT2D eigenvalue weighted by molar-refractivity contribution is 4.96. The van der Waals surface area contributed by atoms with Crippen molar-refractivity contribution in [2.24, 2.45) is 5.92 Å². The third-order valence-corrected chi connectivity index (χ3v) is 4.37. The van der Waals surface area contributed by atoms with Crippen LogP contribution in [0.25, 0.3) is 0 Å². The summed E-state index contributed by atoms with van der Waals surface area (Å²) in [6.07, 6.45) is 7.68. The summed E-state index contributed by atoms with van der Waals surface area (Å²) in [6.45, 7) is 7.72. The van der Waals surface area contributed by atoms with Crippen LogP contribution in [-0.2, 0) is 4.74 Å². The van der Waals surface area contributed by atoms with Gasteiger partial charge in [-0.25, -0.2) is 0 Å². The number of hydrogen-bond donors (Lipinski definition) is 1. The summed E-state index contributed by atoms with van der Waals surface area (Å²) in [5, 5.41) is 3.84. The number of rotatable bonds is 5. The van der Waals surface area contributed by atoms with Gasteiger partial charge in [0.1, 0.15) is 0 Å². The molecule has 2 aliphatic rings. The summed E-state index contributed by atoms with van der Waals surface area (Å²) in [4.78, 5) is 0. The highest BCUT2D eigenvalue weighted by atomic mass is 16.5. The average molecular weight is 225 g/mol. The fourth-order valence-electron chi connectivity index (χ4n) is 2.96. The van der Waals surface area contributed by atoms with E-state index >= 15 is 0 Å². The molecule has 2 nitrogen and oxygen atoms in total. The van der Waals surface area contributed by atoms with Crippen LogP contribution in [0.3, 0.4) is 0 Å². The minimum absolute atomic E-state index is 0.130. The fraction of sp³-hybridized carbons (Fsp3) is 1.00. The molecule has 1 saturated heterocycles. The predicted molar refractivity (Wildman–Crippen MR) is 67.6 cm³/mol. The van der Waals surface area contributed by atoms with E-state index in [0.29, 0.717) is 6.04 Å². The molecule has 16 heavy (non-hydrogen) atoms. The van der Waals surface area contributed by atoms with Gasteiger partial charge < -0.3 is 10.1 Å². The summed E-state index contributed by atoms with van der Waals surface area (Å²) >= 11 is 0. The van der Waals surface area contributed by atoms with E-state index < -0.39 is 0 Å². The lowest BCUT2D eigenvalue weighted by Gasteiger charge is -2.38. The van der Waals surface area contributed by atoms with Gasteiger partial charge in [-0.05, 0) is 44.9 Å². The minimum atomic E-state index is 0.130. The van der Waals surface area contributed by atoms with Gasteiger partial charge >= 0.3 is 0 Å². The molecule has 0 amide bonds. The third-order valence-electron chi connectivity index (χ3n) is 4.37. The van der Waals surface area contributed by atoms with Crippen LogP contribution in [0, 0.1) is 5.92 Å². The minimum Gasteiger partial charge on any atom is -0.375 e. The molecule has 1 aliphatic carbocycles. The molecule has 0 spiro atoms. The second-order valence-electron chi connectivity index (χ2n) is 5.90. The smallest absolute Gasteiger partial charge is 0.0666 e. The first-order valence-electron chi connectivity index (χ1n) is 7.07. The van der Waals surface area contributed by atoms with Crippen molar-refractivity contribution in [3.05, 3.63) is 0 Å². The standard InChI is InChI=1S/C14H27NO/c1-4-6-11-9-13(11)15-12-7-8-16-14(3,5-2)10-12/h11-13,15H,4-10H2,1-3H3. The number of ether oxygens (including phenoxy) is 1.